The maximum atomic E-state index is 11.8. The normalized spacial score (nSPS) is 16.7. The third-order valence-corrected chi connectivity index (χ3v) is 3.04. The molecule has 84 valence electrons. The van der Waals surface area contributed by atoms with Gasteiger partial charge in [-0.2, -0.15) is 0 Å². The van der Waals surface area contributed by atoms with Crippen LogP contribution in [0.4, 0.5) is 5.69 Å². The van der Waals surface area contributed by atoms with Gasteiger partial charge in [0.2, 0.25) is 5.91 Å². The zero-order valence-electron chi connectivity index (χ0n) is 9.10. The topological polar surface area (TPSA) is 69.6 Å². The lowest BCUT2D eigenvalue weighted by molar-refractivity contribution is -0.120. The Kier molecular flexibility index (Phi) is 2.74. The molecule has 0 atom stereocenters. The van der Waals surface area contributed by atoms with E-state index in [1.165, 1.54) is 0 Å². The highest BCUT2D eigenvalue weighted by Crippen LogP contribution is 2.45. The molecule has 1 saturated carbocycles. The third kappa shape index (κ3) is 2.10. The Balaban J connectivity index is 2.17. The van der Waals surface area contributed by atoms with Crippen molar-refractivity contribution in [3.8, 4) is 0 Å². The molecule has 1 aliphatic carbocycles. The maximum Gasteiger partial charge on any atom is 0.490 e. The third-order valence-electron chi connectivity index (χ3n) is 3.04. The highest BCUT2D eigenvalue weighted by molar-refractivity contribution is 6.60. The van der Waals surface area contributed by atoms with E-state index >= 15 is 0 Å². The molecule has 3 N–H and O–H groups in total. The number of benzene rings is 1. The lowest BCUT2D eigenvalue weighted by Gasteiger charge is -2.13. The molecule has 0 aromatic heterocycles. The van der Waals surface area contributed by atoms with E-state index in [1.807, 2.05) is 6.92 Å². The molecule has 1 aliphatic rings. The van der Waals surface area contributed by atoms with Crippen LogP contribution in [0.15, 0.2) is 24.3 Å². The Hall–Kier alpha value is -1.33. The fraction of sp³-hybridized carbons (Fsp3) is 0.364. The van der Waals surface area contributed by atoms with Crippen molar-refractivity contribution < 1.29 is 14.8 Å². The number of hydrogen-bond donors (Lipinski definition) is 3. The maximum absolute atomic E-state index is 11.8. The molecule has 1 aromatic carbocycles. The predicted octanol–water partition coefficient (Wildman–Crippen LogP) is 0.105. The number of carbonyl (C=O) groups excluding carboxylic acids is 1. The molecule has 4 nitrogen and oxygen atoms in total. The van der Waals surface area contributed by atoms with Crippen LogP contribution >= 0.6 is 0 Å². The number of para-hydroxylation sites is 1. The summed E-state index contributed by atoms with van der Waals surface area (Å²) in [5.74, 6) is -0.0550. The van der Waals surface area contributed by atoms with E-state index in [0.29, 0.717) is 11.2 Å². The van der Waals surface area contributed by atoms with E-state index < -0.39 is 7.12 Å². The summed E-state index contributed by atoms with van der Waals surface area (Å²) in [7, 11) is -1.57. The van der Waals surface area contributed by atoms with Gasteiger partial charge >= 0.3 is 7.12 Å². The fourth-order valence-corrected chi connectivity index (χ4v) is 1.52. The highest BCUT2D eigenvalue weighted by atomic mass is 16.4. The van der Waals surface area contributed by atoms with Crippen molar-refractivity contribution in [2.45, 2.75) is 19.8 Å². The van der Waals surface area contributed by atoms with Crippen LogP contribution in [-0.4, -0.2) is 23.1 Å². The molecular formula is C11H14BNO3. The summed E-state index contributed by atoms with van der Waals surface area (Å²) in [4.78, 5) is 11.8. The minimum absolute atomic E-state index is 0.0550. The molecule has 1 fully saturated rings. The summed E-state index contributed by atoms with van der Waals surface area (Å²) in [6, 6.07) is 6.69. The van der Waals surface area contributed by atoms with Crippen LogP contribution in [0.1, 0.15) is 19.8 Å². The number of carbonyl (C=O) groups is 1. The number of amides is 1. The number of hydrogen-bond acceptors (Lipinski definition) is 3. The first-order chi connectivity index (χ1) is 7.53. The zero-order chi connectivity index (χ0) is 11.8. The van der Waals surface area contributed by atoms with Crippen LogP contribution in [0.25, 0.3) is 0 Å². The van der Waals surface area contributed by atoms with Gasteiger partial charge in [0.1, 0.15) is 0 Å². The van der Waals surface area contributed by atoms with Crippen LogP contribution in [0.2, 0.25) is 0 Å². The van der Waals surface area contributed by atoms with Gasteiger partial charge in [0.25, 0.3) is 0 Å². The number of anilines is 1. The lowest BCUT2D eigenvalue weighted by Crippen LogP contribution is -2.34. The molecule has 0 heterocycles. The van der Waals surface area contributed by atoms with Crippen LogP contribution in [-0.2, 0) is 4.79 Å². The van der Waals surface area contributed by atoms with Gasteiger partial charge in [-0.05, 0) is 18.9 Å². The second-order valence-corrected chi connectivity index (χ2v) is 4.48. The standard InChI is InChI=1S/C11H14BNO3/c1-11(6-7-11)10(14)13-9-5-3-2-4-8(9)12(15)16/h2-5,15-16H,6-7H2,1H3,(H,13,14). The summed E-state index contributed by atoms with van der Waals surface area (Å²) < 4.78 is 0. The van der Waals surface area contributed by atoms with Gasteiger partial charge in [0.15, 0.2) is 0 Å². The van der Waals surface area contributed by atoms with Crippen LogP contribution in [0, 0.1) is 5.41 Å². The summed E-state index contributed by atoms with van der Waals surface area (Å²) >= 11 is 0. The Morgan fingerprint density at radius 1 is 1.38 bits per heavy atom. The van der Waals surface area contributed by atoms with Crippen LogP contribution in [0.3, 0.4) is 0 Å². The summed E-state index contributed by atoms with van der Waals surface area (Å²) in [6.45, 7) is 1.90. The minimum atomic E-state index is -1.57. The van der Waals surface area contributed by atoms with E-state index in [0.717, 1.165) is 12.8 Å². The molecule has 1 amide bonds. The summed E-state index contributed by atoms with van der Waals surface area (Å²) in [5.41, 5.74) is 0.517. The molecule has 0 bridgehead atoms. The molecule has 5 heteroatoms. The van der Waals surface area contributed by atoms with E-state index in [9.17, 15) is 4.79 Å². The second-order valence-electron chi connectivity index (χ2n) is 4.48. The van der Waals surface area contributed by atoms with Crippen molar-refractivity contribution in [1.82, 2.24) is 0 Å². The van der Waals surface area contributed by atoms with Crippen molar-refractivity contribution >= 4 is 24.2 Å². The Labute approximate surface area is 94.4 Å². The SMILES string of the molecule is CC1(C(=O)Nc2ccccc2B(O)O)CC1. The van der Waals surface area contributed by atoms with Gasteiger partial charge in [0.05, 0.1) is 0 Å². The van der Waals surface area contributed by atoms with Crippen molar-refractivity contribution in [3.05, 3.63) is 24.3 Å². The van der Waals surface area contributed by atoms with Gasteiger partial charge in [-0.3, -0.25) is 4.79 Å². The molecule has 1 aromatic rings. The summed E-state index contributed by atoms with van der Waals surface area (Å²) in [5, 5.41) is 21.0. The molecule has 0 aliphatic heterocycles. The predicted molar refractivity (Wildman–Crippen MR) is 62.2 cm³/mol. The van der Waals surface area contributed by atoms with Crippen molar-refractivity contribution in [2.75, 3.05) is 5.32 Å². The lowest BCUT2D eigenvalue weighted by atomic mass is 9.79. The monoisotopic (exact) mass is 219 g/mol. The molecule has 16 heavy (non-hydrogen) atoms. The van der Waals surface area contributed by atoms with Crippen LogP contribution in [0.5, 0.6) is 0 Å². The van der Waals surface area contributed by atoms with E-state index in [-0.39, 0.29) is 11.3 Å². The van der Waals surface area contributed by atoms with Gasteiger partial charge in [-0.1, -0.05) is 25.1 Å². The molecule has 0 spiro atoms. The van der Waals surface area contributed by atoms with Crippen molar-refractivity contribution in [2.24, 2.45) is 5.41 Å². The number of nitrogens with one attached hydrogen (secondary N) is 1. The second kappa shape index (κ2) is 3.92. The first-order valence-electron chi connectivity index (χ1n) is 5.29. The van der Waals surface area contributed by atoms with Crippen LogP contribution < -0.4 is 10.8 Å². The largest absolute Gasteiger partial charge is 0.490 e. The first kappa shape index (κ1) is 11.2. The van der Waals surface area contributed by atoms with Crippen molar-refractivity contribution in [3.63, 3.8) is 0 Å². The fourth-order valence-electron chi connectivity index (χ4n) is 1.52. The Bertz CT molecular complexity index is 415. The van der Waals surface area contributed by atoms with E-state index in [1.54, 1.807) is 24.3 Å². The molecule has 0 saturated heterocycles. The first-order valence-corrected chi connectivity index (χ1v) is 5.29. The van der Waals surface area contributed by atoms with Crippen molar-refractivity contribution in [1.29, 1.82) is 0 Å². The minimum Gasteiger partial charge on any atom is -0.423 e. The van der Waals surface area contributed by atoms with Gasteiger partial charge in [-0.25, -0.2) is 0 Å². The average molecular weight is 219 g/mol. The molecular weight excluding hydrogens is 205 g/mol. The average Bonchev–Trinajstić information content (AvgIpc) is 2.98. The van der Waals surface area contributed by atoms with E-state index in [2.05, 4.69) is 5.32 Å². The smallest absolute Gasteiger partial charge is 0.423 e. The van der Waals surface area contributed by atoms with Gasteiger partial charge in [0, 0.05) is 16.6 Å². The Morgan fingerprint density at radius 3 is 2.56 bits per heavy atom. The molecule has 0 radical (unpaired) electrons. The van der Waals surface area contributed by atoms with E-state index in [4.69, 9.17) is 10.0 Å². The highest BCUT2D eigenvalue weighted by Gasteiger charge is 2.45. The molecule has 2 rings (SSSR count). The Morgan fingerprint density at radius 2 is 2.00 bits per heavy atom. The zero-order valence-corrected chi connectivity index (χ0v) is 9.10. The van der Waals surface area contributed by atoms with Gasteiger partial charge in [-0.15, -0.1) is 0 Å². The summed E-state index contributed by atoms with van der Waals surface area (Å²) in [6.07, 6.45) is 1.78. The molecule has 0 unspecified atom stereocenters. The quantitative estimate of drug-likeness (QED) is 0.631. The number of rotatable bonds is 3. The van der Waals surface area contributed by atoms with Gasteiger partial charge < -0.3 is 15.4 Å².